The van der Waals surface area contributed by atoms with Crippen molar-refractivity contribution < 1.29 is 13.2 Å². The monoisotopic (exact) mass is 363 g/mol. The molecule has 0 aliphatic carbocycles. The zero-order chi connectivity index (χ0) is 17.0. The summed E-state index contributed by atoms with van der Waals surface area (Å²) < 4.78 is 27.3. The molecule has 24 heavy (non-hydrogen) atoms. The maximum Gasteiger partial charge on any atom is 0.262 e. The van der Waals surface area contributed by atoms with Crippen molar-refractivity contribution >= 4 is 38.8 Å². The van der Waals surface area contributed by atoms with Crippen LogP contribution >= 0.6 is 11.3 Å². The normalized spacial score (nSPS) is 14.2. The van der Waals surface area contributed by atoms with Crippen molar-refractivity contribution in [1.29, 1.82) is 0 Å². The van der Waals surface area contributed by atoms with Crippen LogP contribution in [0.25, 0.3) is 0 Å². The molecule has 0 saturated carbocycles. The van der Waals surface area contributed by atoms with Crippen LogP contribution in [0, 0.1) is 0 Å². The molecule has 0 saturated heterocycles. The third kappa shape index (κ3) is 4.21. The third-order valence-electron chi connectivity index (χ3n) is 3.50. The number of hydrogen-bond acceptors (Lipinski definition) is 5. The second-order valence-electron chi connectivity index (χ2n) is 5.42. The number of nitrogens with one attached hydrogen (secondary N) is 2. The topological polar surface area (TPSA) is 87.6 Å². The van der Waals surface area contributed by atoms with E-state index in [0.29, 0.717) is 24.5 Å². The molecule has 0 unspecified atom stereocenters. The molecule has 1 amide bonds. The maximum atomic E-state index is 12.4. The summed E-state index contributed by atoms with van der Waals surface area (Å²) in [7, 11) is -3.68. The highest BCUT2D eigenvalue weighted by Gasteiger charge is 2.18. The van der Waals surface area contributed by atoms with Gasteiger partial charge in [-0.25, -0.2) is 8.42 Å². The van der Waals surface area contributed by atoms with Gasteiger partial charge in [-0.2, -0.15) is 11.3 Å². The number of anilines is 1. The van der Waals surface area contributed by atoms with Crippen LogP contribution in [-0.2, 0) is 21.2 Å². The molecule has 2 aromatic rings. The minimum Gasteiger partial charge on any atom is -0.326 e. The van der Waals surface area contributed by atoms with Gasteiger partial charge in [0.25, 0.3) is 10.0 Å². The Labute approximate surface area is 144 Å². The second kappa shape index (κ2) is 7.14. The Balaban J connectivity index is 1.70. The Kier molecular flexibility index (Phi) is 4.96. The number of thiophene rings is 1. The predicted molar refractivity (Wildman–Crippen MR) is 95.0 cm³/mol. The number of hydrogen-bond donors (Lipinski definition) is 2. The van der Waals surface area contributed by atoms with Gasteiger partial charge in [-0.1, -0.05) is 6.07 Å². The summed E-state index contributed by atoms with van der Waals surface area (Å²) in [6.07, 6.45) is 1.75. The van der Waals surface area contributed by atoms with Crippen LogP contribution in [0.2, 0.25) is 0 Å². The fourth-order valence-electron chi connectivity index (χ4n) is 2.36. The Bertz CT molecular complexity index is 858. The minimum absolute atomic E-state index is 0.102. The van der Waals surface area contributed by atoms with Crippen LogP contribution in [0.5, 0.6) is 0 Å². The zero-order valence-corrected chi connectivity index (χ0v) is 14.5. The van der Waals surface area contributed by atoms with E-state index in [1.54, 1.807) is 12.1 Å². The first-order valence-corrected chi connectivity index (χ1v) is 9.93. The van der Waals surface area contributed by atoms with Gasteiger partial charge in [0.1, 0.15) is 5.84 Å². The van der Waals surface area contributed by atoms with Gasteiger partial charge in [0.2, 0.25) is 5.91 Å². The summed E-state index contributed by atoms with van der Waals surface area (Å²) in [4.78, 5) is 16.2. The Hall–Kier alpha value is -2.19. The molecule has 0 spiro atoms. The molecule has 1 aliphatic heterocycles. The maximum absolute atomic E-state index is 12.4. The molecule has 1 aliphatic rings. The van der Waals surface area contributed by atoms with Crippen molar-refractivity contribution in [3.63, 3.8) is 0 Å². The van der Waals surface area contributed by atoms with Gasteiger partial charge in [-0.3, -0.25) is 14.5 Å². The van der Waals surface area contributed by atoms with Crippen LogP contribution in [-0.4, -0.2) is 26.7 Å². The highest BCUT2D eigenvalue weighted by Crippen LogP contribution is 2.17. The number of aliphatic imine (C=N–C) groups is 1. The number of amides is 1. The number of sulfonamides is 1. The van der Waals surface area contributed by atoms with E-state index >= 15 is 0 Å². The van der Waals surface area contributed by atoms with E-state index in [9.17, 15) is 13.2 Å². The van der Waals surface area contributed by atoms with Crippen molar-refractivity contribution in [3.05, 3.63) is 46.7 Å². The summed E-state index contributed by atoms with van der Waals surface area (Å²) >= 11 is 1.53. The molecule has 1 aromatic carbocycles. The van der Waals surface area contributed by atoms with Gasteiger partial charge in [-0.05, 0) is 47.0 Å². The lowest BCUT2D eigenvalue weighted by molar-refractivity contribution is -0.115. The first kappa shape index (κ1) is 16.7. The number of nitrogens with zero attached hydrogens (tertiary/aromatic N) is 1. The van der Waals surface area contributed by atoms with Crippen molar-refractivity contribution in [2.24, 2.45) is 4.99 Å². The highest BCUT2D eigenvalue weighted by atomic mass is 32.2. The number of benzene rings is 1. The Morgan fingerprint density at radius 3 is 2.88 bits per heavy atom. The van der Waals surface area contributed by atoms with E-state index in [-0.39, 0.29) is 17.2 Å². The van der Waals surface area contributed by atoms with Gasteiger partial charge in [-0.15, -0.1) is 0 Å². The lowest BCUT2D eigenvalue weighted by Crippen LogP contribution is -2.29. The summed E-state index contributed by atoms with van der Waals surface area (Å²) in [6, 6.07) is 8.09. The van der Waals surface area contributed by atoms with Gasteiger partial charge in [0.05, 0.1) is 11.3 Å². The van der Waals surface area contributed by atoms with E-state index < -0.39 is 10.0 Å². The average molecular weight is 363 g/mol. The van der Waals surface area contributed by atoms with Crippen molar-refractivity contribution in [3.8, 4) is 0 Å². The first-order valence-electron chi connectivity index (χ1n) is 7.50. The van der Waals surface area contributed by atoms with Crippen LogP contribution < -0.4 is 10.0 Å². The number of amidine groups is 1. The summed E-state index contributed by atoms with van der Waals surface area (Å²) in [5, 5.41) is 6.55. The third-order valence-corrected chi connectivity index (χ3v) is 5.61. The summed E-state index contributed by atoms with van der Waals surface area (Å²) in [5.74, 6) is 0.304. The minimum atomic E-state index is -3.68. The SMILES string of the molecule is O=C(Cc1ccsc1)Nc1cccc(S(=O)(=O)NC2=NCCC2)c1. The standard InChI is InChI=1S/C16H17N3O3S2/c20-16(9-12-6-8-23-11-12)18-13-3-1-4-14(10-13)24(21,22)19-15-5-2-7-17-15/h1,3-4,6,8,10-11H,2,5,7,9H2,(H,17,19)(H,18,20). The summed E-state index contributed by atoms with van der Waals surface area (Å²) in [6.45, 7) is 0.649. The quantitative estimate of drug-likeness (QED) is 0.855. The summed E-state index contributed by atoms with van der Waals surface area (Å²) in [5.41, 5.74) is 1.38. The van der Waals surface area contributed by atoms with Gasteiger partial charge >= 0.3 is 0 Å². The van der Waals surface area contributed by atoms with E-state index in [0.717, 1.165) is 12.0 Å². The molecule has 6 nitrogen and oxygen atoms in total. The van der Waals surface area contributed by atoms with Gasteiger partial charge < -0.3 is 5.32 Å². The molecule has 0 bridgehead atoms. The first-order chi connectivity index (χ1) is 11.5. The molecule has 0 atom stereocenters. The molecule has 0 radical (unpaired) electrons. The molecule has 1 aromatic heterocycles. The number of carbonyl (C=O) groups is 1. The van der Waals surface area contributed by atoms with E-state index in [1.165, 1.54) is 23.5 Å². The number of rotatable bonds is 5. The zero-order valence-electron chi connectivity index (χ0n) is 12.9. The van der Waals surface area contributed by atoms with Crippen LogP contribution in [0.1, 0.15) is 18.4 Å². The molecular formula is C16H17N3O3S2. The molecule has 3 rings (SSSR count). The molecule has 0 fully saturated rings. The van der Waals surface area contributed by atoms with Crippen molar-refractivity contribution in [2.75, 3.05) is 11.9 Å². The lowest BCUT2D eigenvalue weighted by Gasteiger charge is -2.10. The Morgan fingerprint density at radius 2 is 2.17 bits per heavy atom. The molecule has 126 valence electrons. The predicted octanol–water partition coefficient (Wildman–Crippen LogP) is 2.40. The smallest absolute Gasteiger partial charge is 0.262 e. The van der Waals surface area contributed by atoms with Crippen LogP contribution in [0.15, 0.2) is 51.0 Å². The van der Waals surface area contributed by atoms with E-state index in [4.69, 9.17) is 0 Å². The molecule has 2 heterocycles. The average Bonchev–Trinajstić information content (AvgIpc) is 3.21. The fraction of sp³-hybridized carbons (Fsp3) is 0.250. The highest BCUT2D eigenvalue weighted by molar-refractivity contribution is 7.90. The number of carbonyl (C=O) groups excluding carboxylic acids is 1. The van der Waals surface area contributed by atoms with E-state index in [2.05, 4.69) is 15.0 Å². The largest absolute Gasteiger partial charge is 0.326 e. The van der Waals surface area contributed by atoms with Crippen molar-refractivity contribution in [2.45, 2.75) is 24.2 Å². The second-order valence-corrected chi connectivity index (χ2v) is 7.88. The van der Waals surface area contributed by atoms with Crippen LogP contribution in [0.4, 0.5) is 5.69 Å². The van der Waals surface area contributed by atoms with E-state index in [1.807, 2.05) is 16.8 Å². The van der Waals surface area contributed by atoms with Gasteiger partial charge in [0, 0.05) is 18.7 Å². The Morgan fingerprint density at radius 1 is 1.29 bits per heavy atom. The lowest BCUT2D eigenvalue weighted by atomic mass is 10.2. The van der Waals surface area contributed by atoms with Gasteiger partial charge in [0.15, 0.2) is 0 Å². The fourth-order valence-corrected chi connectivity index (χ4v) is 4.16. The van der Waals surface area contributed by atoms with Crippen LogP contribution in [0.3, 0.4) is 0 Å². The molecule has 8 heteroatoms. The molecular weight excluding hydrogens is 346 g/mol. The molecule has 2 N–H and O–H groups in total. The van der Waals surface area contributed by atoms with Crippen molar-refractivity contribution in [1.82, 2.24) is 4.72 Å².